The van der Waals surface area contributed by atoms with E-state index in [1.54, 1.807) is 0 Å². The molecule has 0 bridgehead atoms. The van der Waals surface area contributed by atoms with E-state index in [0.29, 0.717) is 0 Å². The Morgan fingerprint density at radius 2 is 1.02 bits per heavy atom. The number of rotatable bonds is 15. The van der Waals surface area contributed by atoms with Gasteiger partial charge in [-0.1, -0.05) is 131 Å². The van der Waals surface area contributed by atoms with Crippen molar-refractivity contribution in [3.8, 4) is 33.7 Å². The van der Waals surface area contributed by atoms with E-state index in [1.165, 1.54) is 102 Å². The van der Waals surface area contributed by atoms with Crippen LogP contribution in [0.1, 0.15) is 71.1 Å². The van der Waals surface area contributed by atoms with Gasteiger partial charge in [0.15, 0.2) is 0 Å². The summed E-state index contributed by atoms with van der Waals surface area (Å²) < 4.78 is 8.59. The first-order valence-corrected chi connectivity index (χ1v) is 17.4. The Hall–Kier alpha value is -3.95. The number of aromatic nitrogens is 1. The van der Waals surface area contributed by atoms with Gasteiger partial charge >= 0.3 is 0 Å². The highest BCUT2D eigenvalue weighted by molar-refractivity contribution is 7.80. The molecule has 45 heavy (non-hydrogen) atoms. The zero-order chi connectivity index (χ0) is 30.8. The fraction of sp³-hybridized carbons (Fsp3) is 0.286. The Labute approximate surface area is 274 Å². The first-order valence-electron chi connectivity index (χ1n) is 16.9. The van der Waals surface area contributed by atoms with E-state index < -0.39 is 0 Å². The van der Waals surface area contributed by atoms with Crippen LogP contribution < -0.4 is 4.74 Å². The third kappa shape index (κ3) is 7.65. The van der Waals surface area contributed by atoms with E-state index in [9.17, 15) is 0 Å². The lowest BCUT2D eigenvalue weighted by atomic mass is 10.0. The highest BCUT2D eigenvalue weighted by Gasteiger charge is 2.15. The van der Waals surface area contributed by atoms with Crippen molar-refractivity contribution >= 4 is 34.4 Å². The molecular formula is C42H45NOS. The van der Waals surface area contributed by atoms with Crippen LogP contribution in [0.2, 0.25) is 0 Å². The number of benzene rings is 5. The van der Waals surface area contributed by atoms with E-state index in [4.69, 9.17) is 17.4 Å². The highest BCUT2D eigenvalue weighted by Crippen LogP contribution is 2.37. The second kappa shape index (κ2) is 15.4. The van der Waals surface area contributed by atoms with E-state index in [0.717, 1.165) is 17.9 Å². The minimum atomic E-state index is -0.0820. The summed E-state index contributed by atoms with van der Waals surface area (Å²) >= 11 is 4.76. The van der Waals surface area contributed by atoms with Gasteiger partial charge in [0, 0.05) is 16.5 Å². The molecule has 6 aromatic rings. The summed E-state index contributed by atoms with van der Waals surface area (Å²) in [4.78, 5) is 0. The molecule has 0 fully saturated rings. The van der Waals surface area contributed by atoms with Crippen LogP contribution in [-0.4, -0.2) is 10.0 Å². The molecule has 0 aliphatic carbocycles. The van der Waals surface area contributed by atoms with Crippen LogP contribution in [0.4, 0.5) is 0 Å². The van der Waals surface area contributed by atoms with Crippen LogP contribution in [0.25, 0.3) is 49.7 Å². The Morgan fingerprint density at radius 1 is 0.533 bits per heavy atom. The fourth-order valence-corrected chi connectivity index (χ4v) is 6.75. The van der Waals surface area contributed by atoms with Gasteiger partial charge in [-0.15, -0.1) is 12.6 Å². The van der Waals surface area contributed by atoms with Gasteiger partial charge in [-0.05, 0) is 83.6 Å². The van der Waals surface area contributed by atoms with Crippen LogP contribution >= 0.6 is 12.6 Å². The number of fused-ring (bicyclic) bond motifs is 3. The summed E-state index contributed by atoms with van der Waals surface area (Å²) in [5, 5.41) is 2.50. The van der Waals surface area contributed by atoms with Gasteiger partial charge in [-0.2, -0.15) is 0 Å². The van der Waals surface area contributed by atoms with Crippen LogP contribution in [0, 0.1) is 0 Å². The molecule has 6 rings (SSSR count). The lowest BCUT2D eigenvalue weighted by Gasteiger charge is -2.15. The zero-order valence-electron chi connectivity index (χ0n) is 26.5. The van der Waals surface area contributed by atoms with Crippen molar-refractivity contribution in [2.45, 2.75) is 76.6 Å². The minimum Gasteiger partial charge on any atom is -0.480 e. The molecule has 230 valence electrons. The first-order chi connectivity index (χ1) is 22.2. The Bertz CT molecular complexity index is 1690. The molecule has 0 radical (unpaired) electrons. The van der Waals surface area contributed by atoms with Crippen LogP contribution in [0.5, 0.6) is 5.75 Å². The average Bonchev–Trinajstić information content (AvgIpc) is 3.41. The van der Waals surface area contributed by atoms with E-state index in [-0.39, 0.29) is 5.44 Å². The molecule has 0 aliphatic heterocycles. The highest BCUT2D eigenvalue weighted by atomic mass is 32.1. The second-order valence-corrected chi connectivity index (χ2v) is 12.8. The summed E-state index contributed by atoms with van der Waals surface area (Å²) in [5.74, 6) is 0.869. The average molecular weight is 612 g/mol. The number of nitrogens with zero attached hydrogens (tertiary/aromatic N) is 1. The molecule has 0 aliphatic rings. The molecule has 1 unspecified atom stereocenters. The quantitative estimate of drug-likeness (QED) is 0.0693. The van der Waals surface area contributed by atoms with Gasteiger partial charge in [0.05, 0.1) is 11.0 Å². The fourth-order valence-electron chi connectivity index (χ4n) is 6.44. The molecular weight excluding hydrogens is 567 g/mol. The molecule has 5 aromatic carbocycles. The normalized spacial score (nSPS) is 12.1. The minimum absolute atomic E-state index is 0.0820. The van der Waals surface area contributed by atoms with Gasteiger partial charge in [-0.25, -0.2) is 0 Å². The molecule has 2 nitrogen and oxygen atoms in total. The zero-order valence-corrected chi connectivity index (χ0v) is 27.4. The number of ether oxygens (including phenoxy) is 1. The Morgan fingerprint density at radius 3 is 1.53 bits per heavy atom. The molecule has 0 amide bonds. The van der Waals surface area contributed by atoms with Crippen molar-refractivity contribution in [3.05, 3.63) is 121 Å². The monoisotopic (exact) mass is 611 g/mol. The third-order valence-electron chi connectivity index (χ3n) is 8.90. The predicted octanol–water partition coefficient (Wildman–Crippen LogP) is 12.7. The Kier molecular flexibility index (Phi) is 10.6. The smallest absolute Gasteiger partial charge is 0.141 e. The molecule has 1 heterocycles. The summed E-state index contributed by atoms with van der Waals surface area (Å²) in [7, 11) is 0. The SMILES string of the molecule is CCCCCCCCCCCC(S)Oc1ccc(-n2c3ccc(-c4ccccc4)cc3c3cc(-c4ccccc4)ccc32)cc1. The first kappa shape index (κ1) is 31.0. The molecule has 1 atom stereocenters. The molecule has 3 heteroatoms. The number of unbranched alkanes of at least 4 members (excludes halogenated alkanes) is 8. The molecule has 0 spiro atoms. The van der Waals surface area contributed by atoms with Crippen molar-refractivity contribution in [2.75, 3.05) is 0 Å². The topological polar surface area (TPSA) is 14.2 Å². The van der Waals surface area contributed by atoms with Crippen LogP contribution in [0.15, 0.2) is 121 Å². The maximum absolute atomic E-state index is 6.22. The molecule has 0 saturated carbocycles. The van der Waals surface area contributed by atoms with Crippen molar-refractivity contribution in [2.24, 2.45) is 0 Å². The van der Waals surface area contributed by atoms with Gasteiger partial charge < -0.3 is 9.30 Å². The number of thiol groups is 1. The maximum atomic E-state index is 6.22. The van der Waals surface area contributed by atoms with Gasteiger partial charge in [0.1, 0.15) is 11.2 Å². The van der Waals surface area contributed by atoms with E-state index in [1.807, 2.05) is 0 Å². The largest absolute Gasteiger partial charge is 0.480 e. The van der Waals surface area contributed by atoms with Gasteiger partial charge in [0.25, 0.3) is 0 Å². The standard InChI is InChI=1S/C42H45NOS/c1-2-3-4-5-6-7-8-9-16-21-42(45)44-37-26-24-36(25-27-37)43-40-28-22-34(32-17-12-10-13-18-32)30-38(40)39-31-35(23-29-41(39)43)33-19-14-11-15-20-33/h10-15,17-20,22-31,42,45H,2-9,16,21H2,1H3. The van der Waals surface area contributed by atoms with E-state index >= 15 is 0 Å². The van der Waals surface area contributed by atoms with Gasteiger partial charge in [0.2, 0.25) is 0 Å². The second-order valence-electron chi connectivity index (χ2n) is 12.2. The van der Waals surface area contributed by atoms with E-state index in [2.05, 4.69) is 133 Å². The van der Waals surface area contributed by atoms with Crippen LogP contribution in [0.3, 0.4) is 0 Å². The Balaban J connectivity index is 1.21. The molecule has 1 aromatic heterocycles. The predicted molar refractivity (Wildman–Crippen MR) is 197 cm³/mol. The summed E-state index contributed by atoms with van der Waals surface area (Å²) in [5.41, 5.74) is 8.33. The lowest BCUT2D eigenvalue weighted by molar-refractivity contribution is 0.273. The summed E-state index contributed by atoms with van der Waals surface area (Å²) in [6.45, 7) is 2.28. The number of hydrogen-bond donors (Lipinski definition) is 1. The van der Waals surface area contributed by atoms with Crippen molar-refractivity contribution in [1.82, 2.24) is 4.57 Å². The summed E-state index contributed by atoms with van der Waals surface area (Å²) in [6.07, 6.45) is 12.9. The molecule has 0 N–H and O–H groups in total. The van der Waals surface area contributed by atoms with Crippen molar-refractivity contribution in [1.29, 1.82) is 0 Å². The lowest BCUT2D eigenvalue weighted by Crippen LogP contribution is -2.08. The van der Waals surface area contributed by atoms with Crippen LogP contribution in [-0.2, 0) is 0 Å². The number of hydrogen-bond acceptors (Lipinski definition) is 2. The maximum Gasteiger partial charge on any atom is 0.141 e. The summed E-state index contributed by atoms with van der Waals surface area (Å²) in [6, 6.07) is 43.5. The van der Waals surface area contributed by atoms with Crippen molar-refractivity contribution < 1.29 is 4.74 Å². The third-order valence-corrected chi connectivity index (χ3v) is 9.26. The molecule has 0 saturated heterocycles. The van der Waals surface area contributed by atoms with Gasteiger partial charge in [-0.3, -0.25) is 0 Å². The van der Waals surface area contributed by atoms with Crippen molar-refractivity contribution in [3.63, 3.8) is 0 Å².